The van der Waals surface area contributed by atoms with E-state index in [0.29, 0.717) is 21.4 Å². The molecule has 5 nitrogen and oxygen atoms in total. The molecule has 1 aromatic carbocycles. The number of ether oxygens (including phenoxy) is 1. The number of aromatic nitrogens is 1. The van der Waals surface area contributed by atoms with Gasteiger partial charge < -0.3 is 15.4 Å². The van der Waals surface area contributed by atoms with Crippen LogP contribution in [0.4, 0.5) is 0 Å². The molecule has 2 aromatic rings. The Morgan fingerprint density at radius 1 is 1.35 bits per heavy atom. The molecular weight excluding hydrogens is 337 g/mol. The van der Waals surface area contributed by atoms with E-state index in [1.54, 1.807) is 36.5 Å². The monoisotopic (exact) mass is 351 g/mol. The Morgan fingerprint density at radius 3 is 2.96 bits per heavy atom. The Labute approximate surface area is 144 Å². The quantitative estimate of drug-likeness (QED) is 0.887. The minimum Gasteiger partial charge on any atom is -0.437 e. The van der Waals surface area contributed by atoms with Gasteiger partial charge in [0, 0.05) is 23.8 Å². The van der Waals surface area contributed by atoms with E-state index < -0.39 is 0 Å². The molecule has 1 aromatic heterocycles. The Hall–Kier alpha value is -1.82. The second kappa shape index (κ2) is 7.17. The van der Waals surface area contributed by atoms with Crippen LogP contribution in [0.3, 0.4) is 0 Å². The van der Waals surface area contributed by atoms with Crippen molar-refractivity contribution >= 4 is 29.1 Å². The van der Waals surface area contributed by atoms with Gasteiger partial charge in [-0.1, -0.05) is 23.2 Å². The Balaban J connectivity index is 1.81. The van der Waals surface area contributed by atoms with Gasteiger partial charge in [-0.25, -0.2) is 4.98 Å². The number of amides is 1. The summed E-state index contributed by atoms with van der Waals surface area (Å²) in [7, 11) is 0. The number of halogens is 2. The lowest BCUT2D eigenvalue weighted by Gasteiger charge is -2.14. The van der Waals surface area contributed by atoms with Crippen molar-refractivity contribution in [3.8, 4) is 11.6 Å². The summed E-state index contributed by atoms with van der Waals surface area (Å²) in [6, 6.07) is 8.36. The zero-order valence-electron chi connectivity index (χ0n) is 12.2. The number of nitrogens with zero attached hydrogens (tertiary/aromatic N) is 1. The number of carbonyl (C=O) groups is 1. The van der Waals surface area contributed by atoms with E-state index in [-0.39, 0.29) is 17.8 Å². The first-order valence-corrected chi connectivity index (χ1v) is 7.98. The molecule has 1 atom stereocenters. The first-order chi connectivity index (χ1) is 11.1. The molecule has 2 heterocycles. The molecule has 1 unspecified atom stereocenters. The minimum atomic E-state index is -0.216. The molecule has 0 aliphatic carbocycles. The van der Waals surface area contributed by atoms with E-state index in [1.165, 1.54) is 0 Å². The largest absolute Gasteiger partial charge is 0.437 e. The zero-order valence-corrected chi connectivity index (χ0v) is 13.7. The highest BCUT2D eigenvalue weighted by atomic mass is 35.5. The smallest absolute Gasteiger partial charge is 0.257 e. The lowest BCUT2D eigenvalue weighted by molar-refractivity contribution is 0.0937. The van der Waals surface area contributed by atoms with Gasteiger partial charge in [0.05, 0.1) is 5.02 Å². The lowest BCUT2D eigenvalue weighted by atomic mass is 10.2. The van der Waals surface area contributed by atoms with Crippen molar-refractivity contribution in [1.29, 1.82) is 0 Å². The molecule has 7 heteroatoms. The highest BCUT2D eigenvalue weighted by Crippen LogP contribution is 2.32. The van der Waals surface area contributed by atoms with Gasteiger partial charge in [0.1, 0.15) is 11.3 Å². The number of pyridine rings is 1. The van der Waals surface area contributed by atoms with E-state index in [1.807, 2.05) is 0 Å². The van der Waals surface area contributed by atoms with Crippen LogP contribution in [-0.2, 0) is 0 Å². The second-order valence-electron chi connectivity index (χ2n) is 5.20. The fourth-order valence-corrected chi connectivity index (χ4v) is 2.80. The lowest BCUT2D eigenvalue weighted by Crippen LogP contribution is -2.36. The maximum Gasteiger partial charge on any atom is 0.257 e. The maximum atomic E-state index is 12.4. The van der Waals surface area contributed by atoms with Gasteiger partial charge in [-0.05, 0) is 43.3 Å². The molecule has 0 radical (unpaired) electrons. The number of hydrogen-bond donors (Lipinski definition) is 2. The zero-order chi connectivity index (χ0) is 16.2. The maximum absolute atomic E-state index is 12.4. The Bertz CT molecular complexity index is 718. The number of rotatable bonds is 4. The highest BCUT2D eigenvalue weighted by molar-refractivity contribution is 6.35. The van der Waals surface area contributed by atoms with Gasteiger partial charge in [-0.2, -0.15) is 0 Å². The van der Waals surface area contributed by atoms with Gasteiger partial charge >= 0.3 is 0 Å². The molecule has 1 fully saturated rings. The highest BCUT2D eigenvalue weighted by Gasteiger charge is 2.21. The van der Waals surface area contributed by atoms with Gasteiger partial charge in [-0.3, -0.25) is 4.79 Å². The molecule has 2 N–H and O–H groups in total. The van der Waals surface area contributed by atoms with Crippen LogP contribution in [0.25, 0.3) is 0 Å². The first-order valence-electron chi connectivity index (χ1n) is 7.23. The minimum absolute atomic E-state index is 0.120. The summed E-state index contributed by atoms with van der Waals surface area (Å²) in [5.41, 5.74) is 0.366. The van der Waals surface area contributed by atoms with Crippen LogP contribution in [0, 0.1) is 0 Å². The third-order valence-corrected chi connectivity index (χ3v) is 4.04. The Morgan fingerprint density at radius 2 is 2.22 bits per heavy atom. The summed E-state index contributed by atoms with van der Waals surface area (Å²) in [5, 5.41) is 7.04. The van der Waals surface area contributed by atoms with Gasteiger partial charge in [-0.15, -0.1) is 0 Å². The molecule has 1 amide bonds. The van der Waals surface area contributed by atoms with E-state index in [2.05, 4.69) is 15.6 Å². The first kappa shape index (κ1) is 16.1. The summed E-state index contributed by atoms with van der Waals surface area (Å²) in [5.74, 6) is 0.387. The number of benzene rings is 1. The standard InChI is InChI=1S/C16H15Cl2N3O2/c17-10-3-4-14(13(18)8-10)23-16-12(2-1-6-20-16)15(22)21-11-5-7-19-9-11/h1-4,6,8,11,19H,5,7,9H2,(H,21,22). The molecule has 1 aliphatic rings. The molecule has 120 valence electrons. The molecule has 0 bridgehead atoms. The predicted molar refractivity (Wildman–Crippen MR) is 89.5 cm³/mol. The van der Waals surface area contributed by atoms with Crippen molar-refractivity contribution in [2.24, 2.45) is 0 Å². The van der Waals surface area contributed by atoms with Crippen LogP contribution >= 0.6 is 23.2 Å². The van der Waals surface area contributed by atoms with Gasteiger partial charge in [0.25, 0.3) is 5.91 Å². The van der Waals surface area contributed by atoms with Crippen molar-refractivity contribution in [2.45, 2.75) is 12.5 Å². The fourth-order valence-electron chi connectivity index (χ4n) is 2.35. The van der Waals surface area contributed by atoms with Crippen molar-refractivity contribution in [2.75, 3.05) is 13.1 Å². The number of hydrogen-bond acceptors (Lipinski definition) is 4. The van der Waals surface area contributed by atoms with Crippen LogP contribution in [-0.4, -0.2) is 30.0 Å². The van der Waals surface area contributed by atoms with E-state index in [0.717, 1.165) is 19.5 Å². The predicted octanol–water partition coefficient (Wildman–Crippen LogP) is 3.27. The van der Waals surface area contributed by atoms with Crippen LogP contribution in [0.5, 0.6) is 11.6 Å². The van der Waals surface area contributed by atoms with Crippen LogP contribution < -0.4 is 15.4 Å². The second-order valence-corrected chi connectivity index (χ2v) is 6.04. The summed E-state index contributed by atoms with van der Waals surface area (Å²) < 4.78 is 5.70. The van der Waals surface area contributed by atoms with Gasteiger partial charge in [0.15, 0.2) is 0 Å². The summed E-state index contributed by atoms with van der Waals surface area (Å²) in [4.78, 5) is 16.6. The van der Waals surface area contributed by atoms with Gasteiger partial charge in [0.2, 0.25) is 5.88 Å². The molecule has 3 rings (SSSR count). The normalized spacial score (nSPS) is 17.0. The van der Waals surface area contributed by atoms with E-state index in [4.69, 9.17) is 27.9 Å². The SMILES string of the molecule is O=C(NC1CCNC1)c1cccnc1Oc1ccc(Cl)cc1Cl. The Kier molecular flexibility index (Phi) is 5.00. The fraction of sp³-hybridized carbons (Fsp3) is 0.250. The summed E-state index contributed by atoms with van der Waals surface area (Å²) in [6.45, 7) is 1.67. The number of carbonyl (C=O) groups excluding carboxylic acids is 1. The topological polar surface area (TPSA) is 63.2 Å². The summed E-state index contributed by atoms with van der Waals surface area (Å²) in [6.07, 6.45) is 2.47. The third kappa shape index (κ3) is 3.93. The van der Waals surface area contributed by atoms with Crippen molar-refractivity contribution in [3.63, 3.8) is 0 Å². The molecule has 23 heavy (non-hydrogen) atoms. The number of nitrogens with one attached hydrogen (secondary N) is 2. The molecule has 0 spiro atoms. The van der Waals surface area contributed by atoms with Crippen LogP contribution in [0.2, 0.25) is 10.0 Å². The van der Waals surface area contributed by atoms with Crippen molar-refractivity contribution < 1.29 is 9.53 Å². The van der Waals surface area contributed by atoms with Crippen molar-refractivity contribution in [3.05, 3.63) is 52.1 Å². The molecular formula is C16H15Cl2N3O2. The molecule has 1 aliphatic heterocycles. The average molecular weight is 352 g/mol. The van der Waals surface area contributed by atoms with Crippen LogP contribution in [0.1, 0.15) is 16.8 Å². The van der Waals surface area contributed by atoms with Crippen LogP contribution in [0.15, 0.2) is 36.5 Å². The third-order valence-electron chi connectivity index (χ3n) is 3.51. The van der Waals surface area contributed by atoms with E-state index >= 15 is 0 Å². The average Bonchev–Trinajstić information content (AvgIpc) is 3.03. The summed E-state index contributed by atoms with van der Waals surface area (Å²) >= 11 is 12.0. The van der Waals surface area contributed by atoms with Crippen molar-refractivity contribution in [1.82, 2.24) is 15.6 Å². The molecule has 1 saturated heterocycles. The van der Waals surface area contributed by atoms with E-state index in [9.17, 15) is 4.79 Å². The molecule has 0 saturated carbocycles.